The standard InChI is InChI=1S/C13H12BrN3O2/c1-8-9(3-2-4-11(8)14)5-16-12(18)10-6-15-7-17-13(10)19/h2-4,6-7H,5H2,1H3,(H,16,18)(H,15,17,19). The molecule has 0 saturated heterocycles. The zero-order valence-electron chi connectivity index (χ0n) is 10.2. The van der Waals surface area contributed by atoms with E-state index in [1.165, 1.54) is 12.5 Å². The number of hydrogen-bond acceptors (Lipinski definition) is 3. The summed E-state index contributed by atoms with van der Waals surface area (Å²) >= 11 is 3.43. The maximum Gasteiger partial charge on any atom is 0.263 e. The molecule has 1 heterocycles. The normalized spacial score (nSPS) is 10.2. The second kappa shape index (κ2) is 5.79. The fourth-order valence-electron chi connectivity index (χ4n) is 1.62. The average Bonchev–Trinajstić information content (AvgIpc) is 2.40. The number of aromatic amines is 1. The molecule has 0 bridgehead atoms. The van der Waals surface area contributed by atoms with Crippen LogP contribution in [0.15, 0.2) is 40.0 Å². The monoisotopic (exact) mass is 321 g/mol. The number of carbonyl (C=O) groups excluding carboxylic acids is 1. The fourth-order valence-corrected chi connectivity index (χ4v) is 2.03. The highest BCUT2D eigenvalue weighted by molar-refractivity contribution is 9.10. The van der Waals surface area contributed by atoms with Crippen molar-refractivity contribution in [3.63, 3.8) is 0 Å². The number of nitrogens with zero attached hydrogens (tertiary/aromatic N) is 1. The van der Waals surface area contributed by atoms with Crippen LogP contribution in [0, 0.1) is 6.92 Å². The number of amides is 1. The molecular weight excluding hydrogens is 310 g/mol. The Bertz CT molecular complexity index is 667. The molecule has 1 aromatic carbocycles. The third kappa shape index (κ3) is 3.08. The highest BCUT2D eigenvalue weighted by atomic mass is 79.9. The maximum absolute atomic E-state index is 11.9. The van der Waals surface area contributed by atoms with Crippen molar-refractivity contribution in [3.05, 3.63) is 62.2 Å². The van der Waals surface area contributed by atoms with Gasteiger partial charge in [0.15, 0.2) is 0 Å². The lowest BCUT2D eigenvalue weighted by Crippen LogP contribution is -2.29. The molecular formula is C13H12BrN3O2. The van der Waals surface area contributed by atoms with Crippen LogP contribution in [0.5, 0.6) is 0 Å². The van der Waals surface area contributed by atoms with Crippen molar-refractivity contribution in [2.24, 2.45) is 0 Å². The smallest absolute Gasteiger partial charge is 0.263 e. The number of carbonyl (C=O) groups is 1. The van der Waals surface area contributed by atoms with Crippen molar-refractivity contribution >= 4 is 21.8 Å². The Kier molecular flexibility index (Phi) is 4.11. The van der Waals surface area contributed by atoms with Gasteiger partial charge in [-0.3, -0.25) is 9.59 Å². The zero-order chi connectivity index (χ0) is 13.8. The molecule has 0 aliphatic carbocycles. The molecule has 0 spiro atoms. The van der Waals surface area contributed by atoms with E-state index in [4.69, 9.17) is 0 Å². The van der Waals surface area contributed by atoms with Crippen LogP contribution in [0.3, 0.4) is 0 Å². The Labute approximate surface area is 118 Å². The van der Waals surface area contributed by atoms with E-state index in [2.05, 4.69) is 31.2 Å². The first-order valence-electron chi connectivity index (χ1n) is 5.64. The van der Waals surface area contributed by atoms with E-state index in [0.717, 1.165) is 15.6 Å². The van der Waals surface area contributed by atoms with Crippen LogP contribution in [-0.4, -0.2) is 15.9 Å². The predicted octanol–water partition coefficient (Wildman–Crippen LogP) is 1.77. The van der Waals surface area contributed by atoms with Gasteiger partial charge in [-0.1, -0.05) is 28.1 Å². The van der Waals surface area contributed by atoms with Crippen LogP contribution in [0.25, 0.3) is 0 Å². The van der Waals surface area contributed by atoms with E-state index < -0.39 is 11.5 Å². The summed E-state index contributed by atoms with van der Waals surface area (Å²) in [6.45, 7) is 2.32. The largest absolute Gasteiger partial charge is 0.348 e. The Morgan fingerprint density at radius 2 is 2.26 bits per heavy atom. The third-order valence-electron chi connectivity index (χ3n) is 2.78. The van der Waals surface area contributed by atoms with E-state index in [0.29, 0.717) is 6.54 Å². The summed E-state index contributed by atoms with van der Waals surface area (Å²) in [6, 6.07) is 5.76. The molecule has 2 aromatic rings. The lowest BCUT2D eigenvalue weighted by Gasteiger charge is -2.08. The van der Waals surface area contributed by atoms with Gasteiger partial charge in [-0.05, 0) is 24.1 Å². The first kappa shape index (κ1) is 13.5. The summed E-state index contributed by atoms with van der Waals surface area (Å²) in [5.74, 6) is -0.436. The molecule has 98 valence electrons. The van der Waals surface area contributed by atoms with Crippen LogP contribution in [0.4, 0.5) is 0 Å². The summed E-state index contributed by atoms with van der Waals surface area (Å²) < 4.78 is 0.985. The summed E-state index contributed by atoms with van der Waals surface area (Å²) in [7, 11) is 0. The van der Waals surface area contributed by atoms with Gasteiger partial charge in [0.05, 0.1) is 6.33 Å². The molecule has 0 unspecified atom stereocenters. The SMILES string of the molecule is Cc1c(Br)cccc1CNC(=O)c1cnc[nH]c1=O. The highest BCUT2D eigenvalue weighted by Gasteiger charge is 2.10. The van der Waals surface area contributed by atoms with Gasteiger partial charge in [0.1, 0.15) is 5.56 Å². The third-order valence-corrected chi connectivity index (χ3v) is 3.64. The first-order valence-corrected chi connectivity index (χ1v) is 6.44. The predicted molar refractivity (Wildman–Crippen MR) is 74.9 cm³/mol. The number of rotatable bonds is 3. The first-order chi connectivity index (χ1) is 9.09. The van der Waals surface area contributed by atoms with Crippen molar-refractivity contribution < 1.29 is 4.79 Å². The molecule has 2 N–H and O–H groups in total. The van der Waals surface area contributed by atoms with Gasteiger partial charge in [0, 0.05) is 17.2 Å². The number of H-pyrrole nitrogens is 1. The van der Waals surface area contributed by atoms with Crippen LogP contribution in [-0.2, 0) is 6.54 Å². The van der Waals surface area contributed by atoms with E-state index in [-0.39, 0.29) is 5.56 Å². The van der Waals surface area contributed by atoms with Gasteiger partial charge in [0.2, 0.25) is 0 Å². The molecule has 0 fully saturated rings. The number of benzene rings is 1. The van der Waals surface area contributed by atoms with E-state index in [9.17, 15) is 9.59 Å². The summed E-state index contributed by atoms with van der Waals surface area (Å²) in [4.78, 5) is 29.4. The summed E-state index contributed by atoms with van der Waals surface area (Å²) in [5.41, 5.74) is 1.61. The highest BCUT2D eigenvalue weighted by Crippen LogP contribution is 2.19. The second-order valence-electron chi connectivity index (χ2n) is 4.00. The van der Waals surface area contributed by atoms with Gasteiger partial charge < -0.3 is 10.3 Å². The van der Waals surface area contributed by atoms with Crippen LogP contribution < -0.4 is 10.9 Å². The molecule has 0 aliphatic rings. The van der Waals surface area contributed by atoms with Crippen molar-refractivity contribution in [2.45, 2.75) is 13.5 Å². The molecule has 0 aliphatic heterocycles. The number of hydrogen-bond donors (Lipinski definition) is 2. The van der Waals surface area contributed by atoms with E-state index in [1.54, 1.807) is 0 Å². The topological polar surface area (TPSA) is 74.8 Å². The Morgan fingerprint density at radius 3 is 3.00 bits per heavy atom. The lowest BCUT2D eigenvalue weighted by molar-refractivity contribution is 0.0949. The number of halogens is 1. The van der Waals surface area contributed by atoms with Gasteiger partial charge >= 0.3 is 0 Å². The summed E-state index contributed by atoms with van der Waals surface area (Å²) in [6.07, 6.45) is 2.50. The van der Waals surface area contributed by atoms with Crippen molar-refractivity contribution in [1.29, 1.82) is 0 Å². The van der Waals surface area contributed by atoms with Gasteiger partial charge in [-0.2, -0.15) is 0 Å². The average molecular weight is 322 g/mol. The molecule has 0 saturated carbocycles. The molecule has 2 rings (SSSR count). The fraction of sp³-hybridized carbons (Fsp3) is 0.154. The van der Waals surface area contributed by atoms with Gasteiger partial charge in [-0.15, -0.1) is 0 Å². The second-order valence-corrected chi connectivity index (χ2v) is 4.86. The van der Waals surface area contributed by atoms with Gasteiger partial charge in [0.25, 0.3) is 11.5 Å². The molecule has 19 heavy (non-hydrogen) atoms. The lowest BCUT2D eigenvalue weighted by atomic mass is 10.1. The van der Waals surface area contributed by atoms with Crippen molar-refractivity contribution in [3.8, 4) is 0 Å². The Balaban J connectivity index is 2.11. The molecule has 0 radical (unpaired) electrons. The number of nitrogens with one attached hydrogen (secondary N) is 2. The quantitative estimate of drug-likeness (QED) is 0.904. The minimum Gasteiger partial charge on any atom is -0.348 e. The maximum atomic E-state index is 11.9. The molecule has 6 heteroatoms. The van der Waals surface area contributed by atoms with Crippen LogP contribution in [0.1, 0.15) is 21.5 Å². The van der Waals surface area contributed by atoms with Crippen molar-refractivity contribution in [1.82, 2.24) is 15.3 Å². The number of aromatic nitrogens is 2. The molecule has 5 nitrogen and oxygen atoms in total. The molecule has 1 aromatic heterocycles. The minimum atomic E-state index is -0.446. The van der Waals surface area contributed by atoms with E-state index >= 15 is 0 Å². The minimum absolute atomic E-state index is 0.00940. The summed E-state index contributed by atoms with van der Waals surface area (Å²) in [5, 5.41) is 2.70. The van der Waals surface area contributed by atoms with Crippen LogP contribution >= 0.6 is 15.9 Å². The zero-order valence-corrected chi connectivity index (χ0v) is 11.8. The van der Waals surface area contributed by atoms with Gasteiger partial charge in [-0.25, -0.2) is 4.98 Å². The Morgan fingerprint density at radius 1 is 1.47 bits per heavy atom. The van der Waals surface area contributed by atoms with E-state index in [1.807, 2.05) is 25.1 Å². The Hall–Kier alpha value is -1.95. The molecule has 0 atom stereocenters. The molecule has 1 amide bonds. The van der Waals surface area contributed by atoms with Crippen LogP contribution in [0.2, 0.25) is 0 Å². The van der Waals surface area contributed by atoms with Crippen molar-refractivity contribution in [2.75, 3.05) is 0 Å².